The van der Waals surface area contributed by atoms with Crippen molar-refractivity contribution in [1.82, 2.24) is 4.90 Å². The largest absolute Gasteiger partial charge is 0.486 e. The van der Waals surface area contributed by atoms with Crippen molar-refractivity contribution in [3.05, 3.63) is 23.8 Å². The van der Waals surface area contributed by atoms with Crippen LogP contribution in [0.5, 0.6) is 5.75 Å². The third-order valence-electron chi connectivity index (χ3n) is 2.81. The van der Waals surface area contributed by atoms with Gasteiger partial charge in [0, 0.05) is 6.54 Å². The molecular weight excluding hydrogens is 200 g/mol. The van der Waals surface area contributed by atoms with E-state index in [1.165, 1.54) is 5.56 Å². The highest BCUT2D eigenvalue weighted by Gasteiger charge is 2.17. The average Bonchev–Trinajstić information content (AvgIpc) is 2.27. The van der Waals surface area contributed by atoms with Crippen molar-refractivity contribution in [2.45, 2.75) is 26.0 Å². The molecule has 88 valence electrons. The Labute approximate surface area is 97.4 Å². The summed E-state index contributed by atoms with van der Waals surface area (Å²) >= 11 is 0. The van der Waals surface area contributed by atoms with Crippen LogP contribution in [0, 0.1) is 0 Å². The standard InChI is InChI=1S/C13H20N2O/c1-4-11-8-14-12-7-10(9-15(2)3)5-6-13(12)16-11/h5-7,11,14H,4,8-9H2,1-3H3. The molecule has 2 rings (SSSR count). The quantitative estimate of drug-likeness (QED) is 0.846. The first-order valence-electron chi connectivity index (χ1n) is 5.87. The highest BCUT2D eigenvalue weighted by molar-refractivity contribution is 5.59. The van der Waals surface area contributed by atoms with Crippen molar-refractivity contribution in [3.63, 3.8) is 0 Å². The molecule has 0 saturated carbocycles. The molecule has 1 aromatic carbocycles. The Kier molecular flexibility index (Phi) is 3.34. The molecule has 3 heteroatoms. The van der Waals surface area contributed by atoms with Crippen LogP contribution in [0.4, 0.5) is 5.69 Å². The Hall–Kier alpha value is -1.22. The number of hydrogen-bond acceptors (Lipinski definition) is 3. The second-order valence-electron chi connectivity index (χ2n) is 4.60. The molecule has 0 saturated heterocycles. The predicted molar refractivity (Wildman–Crippen MR) is 67.0 cm³/mol. The number of nitrogens with one attached hydrogen (secondary N) is 1. The summed E-state index contributed by atoms with van der Waals surface area (Å²) in [6.07, 6.45) is 1.36. The van der Waals surface area contributed by atoms with Crippen LogP contribution in [-0.2, 0) is 6.54 Å². The molecule has 0 radical (unpaired) electrons. The second kappa shape index (κ2) is 4.74. The van der Waals surface area contributed by atoms with E-state index in [2.05, 4.69) is 49.4 Å². The molecule has 1 unspecified atom stereocenters. The van der Waals surface area contributed by atoms with Crippen LogP contribution in [0.3, 0.4) is 0 Å². The van der Waals surface area contributed by atoms with Crippen LogP contribution >= 0.6 is 0 Å². The van der Waals surface area contributed by atoms with E-state index in [4.69, 9.17) is 4.74 Å². The van der Waals surface area contributed by atoms with E-state index in [1.54, 1.807) is 0 Å². The van der Waals surface area contributed by atoms with Gasteiger partial charge >= 0.3 is 0 Å². The van der Waals surface area contributed by atoms with Gasteiger partial charge in [0.15, 0.2) is 0 Å². The smallest absolute Gasteiger partial charge is 0.142 e. The van der Waals surface area contributed by atoms with E-state index < -0.39 is 0 Å². The van der Waals surface area contributed by atoms with E-state index in [1.807, 2.05) is 0 Å². The molecule has 16 heavy (non-hydrogen) atoms. The summed E-state index contributed by atoms with van der Waals surface area (Å²) in [6.45, 7) is 4.03. The summed E-state index contributed by atoms with van der Waals surface area (Å²) in [4.78, 5) is 2.17. The first kappa shape index (κ1) is 11.3. The van der Waals surface area contributed by atoms with Crippen LogP contribution in [0.1, 0.15) is 18.9 Å². The minimum Gasteiger partial charge on any atom is -0.486 e. The normalized spacial score (nSPS) is 18.9. The fraction of sp³-hybridized carbons (Fsp3) is 0.538. The van der Waals surface area contributed by atoms with Gasteiger partial charge in [-0.3, -0.25) is 0 Å². The van der Waals surface area contributed by atoms with E-state index in [9.17, 15) is 0 Å². The summed E-state index contributed by atoms with van der Waals surface area (Å²) < 4.78 is 5.86. The summed E-state index contributed by atoms with van der Waals surface area (Å²) in [5, 5.41) is 3.43. The predicted octanol–water partition coefficient (Wildman–Crippen LogP) is 2.33. The fourth-order valence-electron chi connectivity index (χ4n) is 1.95. The first-order valence-corrected chi connectivity index (χ1v) is 5.87. The Balaban J connectivity index is 2.15. The van der Waals surface area contributed by atoms with Gasteiger partial charge in [0.05, 0.1) is 12.2 Å². The zero-order valence-electron chi connectivity index (χ0n) is 10.3. The van der Waals surface area contributed by atoms with Crippen molar-refractivity contribution in [1.29, 1.82) is 0 Å². The van der Waals surface area contributed by atoms with Crippen LogP contribution in [0.25, 0.3) is 0 Å². The number of rotatable bonds is 3. The van der Waals surface area contributed by atoms with Crippen molar-refractivity contribution in [2.24, 2.45) is 0 Å². The van der Waals surface area contributed by atoms with Gasteiger partial charge in [-0.1, -0.05) is 13.0 Å². The third kappa shape index (κ3) is 2.47. The average molecular weight is 220 g/mol. The zero-order valence-corrected chi connectivity index (χ0v) is 10.3. The number of ether oxygens (including phenoxy) is 1. The maximum absolute atomic E-state index is 5.86. The first-order chi connectivity index (χ1) is 7.69. The summed E-state index contributed by atoms with van der Waals surface area (Å²) in [5.41, 5.74) is 2.44. The molecule has 1 atom stereocenters. The van der Waals surface area contributed by atoms with Crippen molar-refractivity contribution >= 4 is 5.69 Å². The van der Waals surface area contributed by atoms with Crippen molar-refractivity contribution in [2.75, 3.05) is 26.0 Å². The lowest BCUT2D eigenvalue weighted by Gasteiger charge is -2.27. The summed E-state index contributed by atoms with van der Waals surface area (Å²) in [6, 6.07) is 6.39. The molecule has 0 spiro atoms. The van der Waals surface area contributed by atoms with Gasteiger partial charge < -0.3 is 15.0 Å². The molecule has 1 aromatic rings. The molecule has 0 fully saturated rings. The van der Waals surface area contributed by atoms with E-state index >= 15 is 0 Å². The van der Waals surface area contributed by atoms with Gasteiger partial charge in [-0.25, -0.2) is 0 Å². The lowest BCUT2D eigenvalue weighted by Crippen LogP contribution is -2.30. The van der Waals surface area contributed by atoms with Gasteiger partial charge in [-0.15, -0.1) is 0 Å². The minimum absolute atomic E-state index is 0.312. The summed E-state index contributed by atoms with van der Waals surface area (Å²) in [7, 11) is 4.16. The monoisotopic (exact) mass is 220 g/mol. The van der Waals surface area contributed by atoms with Crippen molar-refractivity contribution in [3.8, 4) is 5.75 Å². The van der Waals surface area contributed by atoms with Crippen molar-refractivity contribution < 1.29 is 4.74 Å². The molecule has 1 aliphatic rings. The molecule has 0 aromatic heterocycles. The van der Waals surface area contributed by atoms with Gasteiger partial charge in [-0.2, -0.15) is 0 Å². The maximum atomic E-state index is 5.86. The fourth-order valence-corrected chi connectivity index (χ4v) is 1.95. The molecule has 3 nitrogen and oxygen atoms in total. The summed E-state index contributed by atoms with van der Waals surface area (Å²) in [5.74, 6) is 0.987. The number of nitrogens with zero attached hydrogens (tertiary/aromatic N) is 1. The topological polar surface area (TPSA) is 24.5 Å². The molecule has 1 heterocycles. The lowest BCUT2D eigenvalue weighted by molar-refractivity contribution is 0.201. The third-order valence-corrected chi connectivity index (χ3v) is 2.81. The Bertz CT molecular complexity index is 363. The Morgan fingerprint density at radius 3 is 2.94 bits per heavy atom. The molecule has 0 bridgehead atoms. The molecule has 0 amide bonds. The maximum Gasteiger partial charge on any atom is 0.142 e. The molecule has 0 aliphatic carbocycles. The zero-order chi connectivity index (χ0) is 11.5. The number of benzene rings is 1. The SMILES string of the molecule is CCC1CNc2cc(CN(C)C)ccc2O1. The molecular formula is C13H20N2O. The molecule has 1 N–H and O–H groups in total. The highest BCUT2D eigenvalue weighted by Crippen LogP contribution is 2.30. The van der Waals surface area contributed by atoms with E-state index in [-0.39, 0.29) is 0 Å². The van der Waals surface area contributed by atoms with E-state index in [0.717, 1.165) is 30.9 Å². The van der Waals surface area contributed by atoms with Crippen LogP contribution < -0.4 is 10.1 Å². The number of anilines is 1. The van der Waals surface area contributed by atoms with Gasteiger partial charge in [-0.05, 0) is 38.2 Å². The van der Waals surface area contributed by atoms with E-state index in [0.29, 0.717) is 6.10 Å². The Morgan fingerprint density at radius 2 is 2.25 bits per heavy atom. The van der Waals surface area contributed by atoms with Gasteiger partial charge in [0.2, 0.25) is 0 Å². The second-order valence-corrected chi connectivity index (χ2v) is 4.60. The van der Waals surface area contributed by atoms with Crippen LogP contribution in [-0.4, -0.2) is 31.6 Å². The lowest BCUT2D eigenvalue weighted by atomic mass is 10.1. The van der Waals surface area contributed by atoms with Gasteiger partial charge in [0.1, 0.15) is 11.9 Å². The van der Waals surface area contributed by atoms with Crippen LogP contribution in [0.15, 0.2) is 18.2 Å². The number of fused-ring (bicyclic) bond motifs is 1. The Morgan fingerprint density at radius 1 is 1.44 bits per heavy atom. The number of hydrogen-bond donors (Lipinski definition) is 1. The van der Waals surface area contributed by atoms with Crippen LogP contribution in [0.2, 0.25) is 0 Å². The highest BCUT2D eigenvalue weighted by atomic mass is 16.5. The minimum atomic E-state index is 0.312. The molecule has 1 aliphatic heterocycles. The van der Waals surface area contributed by atoms with Gasteiger partial charge in [0.25, 0.3) is 0 Å².